The predicted molar refractivity (Wildman–Crippen MR) is 87.7 cm³/mol. The van der Waals surface area contributed by atoms with E-state index in [-0.39, 0.29) is 18.4 Å². The second-order valence-electron chi connectivity index (χ2n) is 4.60. The molecule has 0 amide bonds. The second-order valence-corrected chi connectivity index (χ2v) is 5.67. The van der Waals surface area contributed by atoms with Gasteiger partial charge in [0.25, 0.3) is 0 Å². The van der Waals surface area contributed by atoms with Gasteiger partial charge in [0.15, 0.2) is 0 Å². The van der Waals surface area contributed by atoms with Crippen LogP contribution in [0, 0.1) is 0 Å². The smallest absolute Gasteiger partial charge is 0.303 e. The zero-order valence-corrected chi connectivity index (χ0v) is 13.8. The highest BCUT2D eigenvalue weighted by atomic mass is 127. The number of hydrogen-bond donors (Lipinski definition) is 0. The number of unbranched alkanes of at least 4 members (excludes halogenated alkanes) is 1. The van der Waals surface area contributed by atoms with Gasteiger partial charge in [-0.1, -0.05) is 59.3 Å². The van der Waals surface area contributed by atoms with Gasteiger partial charge in [0.2, 0.25) is 0 Å². The molecule has 0 aliphatic rings. The molecule has 2 nitrogen and oxygen atoms in total. The van der Waals surface area contributed by atoms with Crippen molar-refractivity contribution in [3.8, 4) is 0 Å². The fourth-order valence-corrected chi connectivity index (χ4v) is 2.48. The van der Waals surface area contributed by atoms with E-state index in [1.165, 1.54) is 6.92 Å². The lowest BCUT2D eigenvalue weighted by Crippen LogP contribution is -2.03. The Morgan fingerprint density at radius 3 is 2.65 bits per heavy atom. The summed E-state index contributed by atoms with van der Waals surface area (Å²) in [5, 5.41) is 0. The number of alkyl halides is 1. The Morgan fingerprint density at radius 2 is 2.05 bits per heavy atom. The lowest BCUT2D eigenvalue weighted by atomic mass is 9.93. The number of ether oxygens (including phenoxy) is 1. The van der Waals surface area contributed by atoms with Gasteiger partial charge in [0.1, 0.15) is 12.4 Å². The molecule has 1 aromatic carbocycles. The van der Waals surface area contributed by atoms with Crippen molar-refractivity contribution in [2.24, 2.45) is 0 Å². The van der Waals surface area contributed by atoms with Crippen molar-refractivity contribution >= 4 is 28.6 Å². The van der Waals surface area contributed by atoms with Crippen LogP contribution in [-0.4, -0.2) is 17.0 Å². The third-order valence-corrected chi connectivity index (χ3v) is 3.68. The lowest BCUT2D eigenvalue weighted by molar-refractivity contribution is -0.140. The minimum atomic E-state index is -0.463. The Hall–Kier alpha value is -0.910. The van der Waals surface area contributed by atoms with Gasteiger partial charge in [-0.15, -0.1) is 0 Å². The fourth-order valence-electron chi connectivity index (χ4n) is 1.94. The number of rotatable bonds is 8. The average Bonchev–Trinajstić information content (AvgIpc) is 2.45. The molecule has 0 aromatic heterocycles. The topological polar surface area (TPSA) is 26.3 Å². The molecule has 110 valence electrons. The van der Waals surface area contributed by atoms with Gasteiger partial charge in [-0.2, -0.15) is 0 Å². The number of carbonyl (C=O) groups is 1. The van der Waals surface area contributed by atoms with Crippen molar-refractivity contribution in [1.82, 2.24) is 0 Å². The molecule has 1 rings (SSSR count). The SMILES string of the molecule is CC(=O)OC/C(F)=C\C(CCCCI)c1ccccc1. The number of benzene rings is 1. The highest BCUT2D eigenvalue weighted by Crippen LogP contribution is 2.25. The first kappa shape index (κ1) is 17.1. The summed E-state index contributed by atoms with van der Waals surface area (Å²) >= 11 is 2.35. The minimum absolute atomic E-state index is 0.0368. The third kappa shape index (κ3) is 7.03. The number of esters is 1. The van der Waals surface area contributed by atoms with Crippen LogP contribution < -0.4 is 0 Å². The van der Waals surface area contributed by atoms with Gasteiger partial charge in [-0.25, -0.2) is 4.39 Å². The Balaban J connectivity index is 2.71. The van der Waals surface area contributed by atoms with Crippen LogP contribution in [0.4, 0.5) is 4.39 Å². The van der Waals surface area contributed by atoms with Crippen LogP contribution in [0.2, 0.25) is 0 Å². The van der Waals surface area contributed by atoms with Gasteiger partial charge in [0.05, 0.1) is 0 Å². The van der Waals surface area contributed by atoms with Crippen LogP contribution in [-0.2, 0) is 9.53 Å². The van der Waals surface area contributed by atoms with Crippen molar-refractivity contribution in [3.05, 3.63) is 47.8 Å². The van der Waals surface area contributed by atoms with Gasteiger partial charge < -0.3 is 4.74 Å². The van der Waals surface area contributed by atoms with Crippen LogP contribution in [0.5, 0.6) is 0 Å². The zero-order chi connectivity index (χ0) is 14.8. The molecule has 1 atom stereocenters. The maximum Gasteiger partial charge on any atom is 0.303 e. The maximum absolute atomic E-state index is 13.8. The van der Waals surface area contributed by atoms with Crippen LogP contribution in [0.1, 0.15) is 37.7 Å². The summed E-state index contributed by atoms with van der Waals surface area (Å²) < 4.78 is 19.6. The van der Waals surface area contributed by atoms with Crippen molar-refractivity contribution < 1.29 is 13.9 Å². The summed E-state index contributed by atoms with van der Waals surface area (Å²) in [5.74, 6) is -0.812. The van der Waals surface area contributed by atoms with Gasteiger partial charge >= 0.3 is 5.97 Å². The molecular formula is C16H20FIO2. The molecule has 0 saturated carbocycles. The van der Waals surface area contributed by atoms with E-state index in [1.807, 2.05) is 30.3 Å². The molecule has 0 fully saturated rings. The molecule has 0 aliphatic carbocycles. The molecule has 0 radical (unpaired) electrons. The molecule has 0 heterocycles. The number of halogens is 2. The van der Waals surface area contributed by atoms with Crippen LogP contribution >= 0.6 is 22.6 Å². The van der Waals surface area contributed by atoms with E-state index in [4.69, 9.17) is 0 Å². The molecule has 1 unspecified atom stereocenters. The van der Waals surface area contributed by atoms with Gasteiger partial charge in [0, 0.05) is 12.8 Å². The quantitative estimate of drug-likeness (QED) is 0.276. The summed E-state index contributed by atoms with van der Waals surface area (Å²) in [4.78, 5) is 10.7. The Kier molecular flexibility index (Phi) is 8.49. The molecule has 0 aliphatic heterocycles. The van der Waals surface area contributed by atoms with Crippen molar-refractivity contribution in [3.63, 3.8) is 0 Å². The van der Waals surface area contributed by atoms with E-state index in [0.29, 0.717) is 0 Å². The molecular weight excluding hydrogens is 370 g/mol. The Morgan fingerprint density at radius 1 is 1.35 bits per heavy atom. The summed E-state index contributed by atoms with van der Waals surface area (Å²) in [6.45, 7) is 1.01. The highest BCUT2D eigenvalue weighted by molar-refractivity contribution is 14.1. The molecule has 0 spiro atoms. The fraction of sp³-hybridized carbons (Fsp3) is 0.438. The number of hydrogen-bond acceptors (Lipinski definition) is 2. The van der Waals surface area contributed by atoms with Crippen LogP contribution in [0.3, 0.4) is 0 Å². The molecule has 1 aromatic rings. The molecule has 0 N–H and O–H groups in total. The molecule has 20 heavy (non-hydrogen) atoms. The first-order chi connectivity index (χ1) is 9.63. The standard InChI is InChI=1S/C16H20FIO2/c1-13(19)20-12-16(17)11-15(9-5-6-10-18)14-7-3-2-4-8-14/h2-4,7-8,11,15H,5-6,9-10,12H2,1H3/b16-11+. The van der Waals surface area contributed by atoms with Gasteiger partial charge in [-0.3, -0.25) is 4.79 Å². The average molecular weight is 390 g/mol. The first-order valence-electron chi connectivity index (χ1n) is 6.74. The molecule has 0 saturated heterocycles. The highest BCUT2D eigenvalue weighted by Gasteiger charge is 2.10. The van der Waals surface area contributed by atoms with E-state index in [9.17, 15) is 9.18 Å². The van der Waals surface area contributed by atoms with Crippen molar-refractivity contribution in [1.29, 1.82) is 0 Å². The van der Waals surface area contributed by atoms with E-state index in [0.717, 1.165) is 29.3 Å². The Bertz CT molecular complexity index is 431. The van der Waals surface area contributed by atoms with Crippen LogP contribution in [0.15, 0.2) is 42.2 Å². The summed E-state index contributed by atoms with van der Waals surface area (Å²) in [6, 6.07) is 9.87. The van der Waals surface area contributed by atoms with E-state index >= 15 is 0 Å². The van der Waals surface area contributed by atoms with Crippen molar-refractivity contribution in [2.45, 2.75) is 32.1 Å². The largest absolute Gasteiger partial charge is 0.459 e. The first-order valence-corrected chi connectivity index (χ1v) is 8.26. The molecule has 4 heteroatoms. The summed E-state index contributed by atoms with van der Waals surface area (Å²) in [6.07, 6.45) is 4.66. The third-order valence-electron chi connectivity index (χ3n) is 2.92. The number of allylic oxidation sites excluding steroid dienone is 1. The normalized spacial score (nSPS) is 13.1. The predicted octanol–water partition coefficient (Wildman–Crippen LogP) is 4.79. The van der Waals surface area contributed by atoms with Gasteiger partial charge in [-0.05, 0) is 28.9 Å². The van der Waals surface area contributed by atoms with Crippen LogP contribution in [0.25, 0.3) is 0 Å². The van der Waals surface area contributed by atoms with Crippen molar-refractivity contribution in [2.75, 3.05) is 11.0 Å². The monoisotopic (exact) mass is 390 g/mol. The Labute approximate surface area is 133 Å². The lowest BCUT2D eigenvalue weighted by Gasteiger charge is -2.13. The summed E-state index contributed by atoms with van der Waals surface area (Å²) in [5.41, 5.74) is 1.10. The second kappa shape index (κ2) is 9.91. The van der Waals surface area contributed by atoms with E-state index in [2.05, 4.69) is 27.3 Å². The minimum Gasteiger partial charge on any atom is -0.459 e. The summed E-state index contributed by atoms with van der Waals surface area (Å²) in [7, 11) is 0. The zero-order valence-electron chi connectivity index (χ0n) is 11.6. The number of carbonyl (C=O) groups excluding carboxylic acids is 1. The van der Waals surface area contributed by atoms with E-state index in [1.54, 1.807) is 6.08 Å². The molecule has 0 bridgehead atoms. The maximum atomic E-state index is 13.8. The van der Waals surface area contributed by atoms with E-state index < -0.39 is 5.97 Å².